The van der Waals surface area contributed by atoms with Crippen LogP contribution in [0.2, 0.25) is 0 Å². The van der Waals surface area contributed by atoms with Crippen LogP contribution >= 0.6 is 15.9 Å². The molecule has 3 aromatic rings. The Morgan fingerprint density at radius 1 is 1.24 bits per heavy atom. The number of alkyl halides is 1. The van der Waals surface area contributed by atoms with Crippen LogP contribution in [-0.2, 0) is 14.9 Å². The predicted octanol–water partition coefficient (Wildman–Crippen LogP) is 4.79. The number of fused-ring (bicyclic) bond motifs is 1. The molecule has 1 aliphatic rings. The van der Waals surface area contributed by atoms with E-state index < -0.39 is 63.3 Å². The number of pyridine rings is 1. The summed E-state index contributed by atoms with van der Waals surface area (Å²) in [6, 6.07) is 3.00. The molecule has 1 aliphatic heterocycles. The number of aromatic nitrogens is 2. The highest BCUT2D eigenvalue weighted by atomic mass is 79.9. The Morgan fingerprint density at radius 3 is 2.57 bits per heavy atom. The third kappa shape index (κ3) is 5.50. The van der Waals surface area contributed by atoms with E-state index in [-0.39, 0.29) is 29.6 Å². The summed E-state index contributed by atoms with van der Waals surface area (Å²) in [6.07, 6.45) is 0.186. The number of nitrogens with zero attached hydrogens (tertiary/aromatic N) is 3. The van der Waals surface area contributed by atoms with E-state index in [9.17, 15) is 26.8 Å². The van der Waals surface area contributed by atoms with Gasteiger partial charge in [0.2, 0.25) is 5.78 Å². The molecule has 9 nitrogen and oxygen atoms in total. The van der Waals surface area contributed by atoms with E-state index in [1.807, 2.05) is 4.72 Å². The molecule has 4 rings (SSSR count). The normalized spacial score (nSPS) is 16.8. The quantitative estimate of drug-likeness (QED) is 0.420. The topological polar surface area (TPSA) is 111 Å². The number of benzene rings is 1. The van der Waals surface area contributed by atoms with Gasteiger partial charge in [-0.15, -0.1) is 0 Å². The van der Waals surface area contributed by atoms with Crippen LogP contribution in [0.15, 0.2) is 35.1 Å². The Labute approximate surface area is 218 Å². The van der Waals surface area contributed by atoms with Crippen molar-refractivity contribution >= 4 is 54.7 Å². The van der Waals surface area contributed by atoms with Crippen molar-refractivity contribution in [1.29, 1.82) is 0 Å². The summed E-state index contributed by atoms with van der Waals surface area (Å²) in [7, 11) is -4.37. The van der Waals surface area contributed by atoms with Gasteiger partial charge in [-0.05, 0) is 61.3 Å². The highest BCUT2D eigenvalue weighted by Crippen LogP contribution is 2.30. The van der Waals surface area contributed by atoms with E-state index in [0.29, 0.717) is 4.47 Å². The molecule has 0 bridgehead atoms. The summed E-state index contributed by atoms with van der Waals surface area (Å²) in [6.45, 7) is 4.40. The lowest BCUT2D eigenvalue weighted by molar-refractivity contribution is 0.0543. The zero-order valence-corrected chi connectivity index (χ0v) is 22.3. The largest absolute Gasteiger partial charge is 0.443 e. The van der Waals surface area contributed by atoms with Crippen LogP contribution in [-0.4, -0.2) is 59.0 Å². The Hall–Kier alpha value is -2.97. The van der Waals surface area contributed by atoms with Crippen molar-refractivity contribution in [2.45, 2.75) is 39.0 Å². The minimum Gasteiger partial charge on any atom is -0.443 e. The van der Waals surface area contributed by atoms with Gasteiger partial charge in [0, 0.05) is 35.3 Å². The summed E-state index contributed by atoms with van der Waals surface area (Å²) in [5.74, 6) is -3.88. The number of halogens is 4. The fraction of sp³-hybridized carbons (Fsp3) is 0.348. The summed E-state index contributed by atoms with van der Waals surface area (Å²) >= 11 is 3.22. The van der Waals surface area contributed by atoms with Gasteiger partial charge in [0.05, 0.1) is 16.8 Å². The summed E-state index contributed by atoms with van der Waals surface area (Å²) in [4.78, 5) is 30.3. The van der Waals surface area contributed by atoms with Gasteiger partial charge in [0.1, 0.15) is 23.2 Å². The molecule has 14 heteroatoms. The zero-order chi connectivity index (χ0) is 27.3. The standard InChI is InChI=1S/C23H22BrF3N4O5S/c1-23(2,3)36-22(33)31-11-15(14-8-12(24)9-28-21(14)31)20(32)18-16(26)4-5-17(19(18)27)29-37(34,35)30-7-6-13(25)10-30/h4-5,8-9,11,13,29H,6-7,10H2,1-3H3/t13-/m1/s1. The van der Waals surface area contributed by atoms with Crippen molar-refractivity contribution in [3.63, 3.8) is 0 Å². The molecular weight excluding hydrogens is 581 g/mol. The molecule has 2 aromatic heterocycles. The van der Waals surface area contributed by atoms with Crippen molar-refractivity contribution in [3.05, 3.63) is 57.8 Å². The van der Waals surface area contributed by atoms with Crippen molar-refractivity contribution in [3.8, 4) is 0 Å². The lowest BCUT2D eigenvalue weighted by atomic mass is 10.0. The number of carbonyl (C=O) groups is 2. The first-order valence-electron chi connectivity index (χ1n) is 11.0. The number of anilines is 1. The molecule has 198 valence electrons. The van der Waals surface area contributed by atoms with Crippen LogP contribution < -0.4 is 4.72 Å². The second kappa shape index (κ2) is 9.72. The van der Waals surface area contributed by atoms with Crippen LogP contribution in [0.4, 0.5) is 23.7 Å². The molecule has 1 aromatic carbocycles. The fourth-order valence-electron chi connectivity index (χ4n) is 3.80. The zero-order valence-electron chi connectivity index (χ0n) is 19.9. The van der Waals surface area contributed by atoms with Crippen molar-refractivity contribution in [2.24, 2.45) is 0 Å². The predicted molar refractivity (Wildman–Crippen MR) is 132 cm³/mol. The van der Waals surface area contributed by atoms with E-state index in [4.69, 9.17) is 4.74 Å². The van der Waals surface area contributed by atoms with E-state index in [2.05, 4.69) is 20.9 Å². The number of hydrogen-bond acceptors (Lipinski definition) is 6. The van der Waals surface area contributed by atoms with Crippen molar-refractivity contribution in [2.75, 3.05) is 17.8 Å². The minimum absolute atomic E-state index is 0.00767. The number of ether oxygens (including phenoxy) is 1. The van der Waals surface area contributed by atoms with Gasteiger partial charge < -0.3 is 4.74 Å². The average molecular weight is 603 g/mol. The van der Waals surface area contributed by atoms with Crippen LogP contribution in [0.25, 0.3) is 11.0 Å². The maximum atomic E-state index is 15.4. The third-order valence-electron chi connectivity index (χ3n) is 5.44. The Balaban J connectivity index is 1.78. The molecule has 37 heavy (non-hydrogen) atoms. The SMILES string of the molecule is CC(C)(C)OC(=O)n1cc(C(=O)c2c(F)ccc(NS(=O)(=O)N3CC[C@@H](F)C3)c2F)c2cc(Br)cnc21. The molecule has 0 aliphatic carbocycles. The highest BCUT2D eigenvalue weighted by molar-refractivity contribution is 9.10. The molecule has 3 heterocycles. The molecule has 0 radical (unpaired) electrons. The number of carbonyl (C=O) groups excluding carboxylic acids is 2. The molecular formula is C23H22BrF3N4O5S. The Morgan fingerprint density at radius 2 is 1.95 bits per heavy atom. The summed E-state index contributed by atoms with van der Waals surface area (Å²) in [5.41, 5.74) is -2.88. The fourth-order valence-corrected chi connectivity index (χ4v) is 5.40. The van der Waals surface area contributed by atoms with Gasteiger partial charge in [0.15, 0.2) is 5.82 Å². The average Bonchev–Trinajstić information content (AvgIpc) is 3.38. The molecule has 0 saturated carbocycles. The molecule has 1 saturated heterocycles. The first-order valence-corrected chi connectivity index (χ1v) is 13.3. The second-order valence-corrected chi connectivity index (χ2v) is 12.0. The third-order valence-corrected chi connectivity index (χ3v) is 7.36. The maximum absolute atomic E-state index is 15.4. The smallest absolute Gasteiger partial charge is 0.420 e. The number of nitrogens with one attached hydrogen (secondary N) is 1. The van der Waals surface area contributed by atoms with E-state index in [1.54, 1.807) is 20.8 Å². The molecule has 0 unspecified atom stereocenters. The molecule has 1 atom stereocenters. The Kier molecular flexibility index (Phi) is 7.12. The van der Waals surface area contributed by atoms with E-state index in [1.165, 1.54) is 12.3 Å². The lowest BCUT2D eigenvalue weighted by Gasteiger charge is -2.19. The first-order chi connectivity index (χ1) is 17.2. The van der Waals surface area contributed by atoms with Crippen LogP contribution in [0.3, 0.4) is 0 Å². The van der Waals surface area contributed by atoms with Gasteiger partial charge in [-0.2, -0.15) is 12.7 Å². The van der Waals surface area contributed by atoms with Gasteiger partial charge >= 0.3 is 16.3 Å². The minimum atomic E-state index is -4.37. The molecule has 1 N–H and O–H groups in total. The van der Waals surface area contributed by atoms with Crippen LogP contribution in [0.5, 0.6) is 0 Å². The van der Waals surface area contributed by atoms with Gasteiger partial charge in [0.25, 0.3) is 0 Å². The monoisotopic (exact) mass is 602 g/mol. The van der Waals surface area contributed by atoms with E-state index >= 15 is 4.39 Å². The van der Waals surface area contributed by atoms with Gasteiger partial charge in [-0.1, -0.05) is 0 Å². The van der Waals surface area contributed by atoms with Gasteiger partial charge in [-0.3, -0.25) is 9.52 Å². The number of rotatable bonds is 5. The van der Waals surface area contributed by atoms with E-state index in [0.717, 1.165) is 27.2 Å². The summed E-state index contributed by atoms with van der Waals surface area (Å²) < 4.78 is 78.3. The lowest BCUT2D eigenvalue weighted by Crippen LogP contribution is -2.34. The molecule has 0 amide bonds. The van der Waals surface area contributed by atoms with Crippen molar-refractivity contribution in [1.82, 2.24) is 13.9 Å². The second-order valence-electron chi connectivity index (χ2n) is 9.38. The molecule has 1 fully saturated rings. The summed E-state index contributed by atoms with van der Waals surface area (Å²) in [5, 5.41) is 0.0982. The highest BCUT2D eigenvalue weighted by Gasteiger charge is 2.33. The van der Waals surface area contributed by atoms with Crippen LogP contribution in [0.1, 0.15) is 43.1 Å². The number of ketones is 1. The van der Waals surface area contributed by atoms with Crippen molar-refractivity contribution < 1.29 is 35.9 Å². The maximum Gasteiger partial charge on any atom is 0.420 e. The first kappa shape index (κ1) is 27.1. The van der Waals surface area contributed by atoms with Gasteiger partial charge in [-0.25, -0.2) is 27.5 Å². The number of hydrogen-bond donors (Lipinski definition) is 1. The Bertz CT molecular complexity index is 1520. The molecule has 0 spiro atoms. The van der Waals surface area contributed by atoms with Crippen LogP contribution in [0, 0.1) is 11.6 Å².